The third kappa shape index (κ3) is 1.93. The molecule has 2 aromatic carbocycles. The van der Waals surface area contributed by atoms with E-state index in [0.717, 1.165) is 0 Å². The number of rotatable bonds is 2. The fourth-order valence-corrected chi connectivity index (χ4v) is 1.52. The number of hydrogen-bond donors (Lipinski definition) is 2. The predicted molar refractivity (Wildman–Crippen MR) is 63.2 cm³/mol. The van der Waals surface area contributed by atoms with E-state index in [-0.39, 0.29) is 11.5 Å². The van der Waals surface area contributed by atoms with Gasteiger partial charge < -0.3 is 5.73 Å². The Balaban J connectivity index is 2.44. The third-order valence-electron chi connectivity index (χ3n) is 2.34. The van der Waals surface area contributed by atoms with Crippen LogP contribution in [0.3, 0.4) is 0 Å². The molecule has 0 aromatic heterocycles. The van der Waals surface area contributed by atoms with Gasteiger partial charge >= 0.3 is 0 Å². The average Bonchev–Trinajstić information content (AvgIpc) is 2.29. The first kappa shape index (κ1) is 10.4. The lowest BCUT2D eigenvalue weighted by Crippen LogP contribution is -2.05. The standard InChI is InChI=1S/C13H11FN2/c14-10-5-3-4-9(8-10)13(16)11-6-1-2-7-12(11)15/h1-8,16H,15H2. The van der Waals surface area contributed by atoms with Gasteiger partial charge in [-0.25, -0.2) is 4.39 Å². The van der Waals surface area contributed by atoms with Gasteiger partial charge in [-0.15, -0.1) is 0 Å². The van der Waals surface area contributed by atoms with Crippen molar-refractivity contribution in [2.24, 2.45) is 0 Å². The molecule has 0 fully saturated rings. The van der Waals surface area contributed by atoms with Crippen molar-refractivity contribution in [1.82, 2.24) is 0 Å². The van der Waals surface area contributed by atoms with Gasteiger partial charge in [0.2, 0.25) is 0 Å². The van der Waals surface area contributed by atoms with Crippen LogP contribution in [0.4, 0.5) is 10.1 Å². The van der Waals surface area contributed by atoms with Gasteiger partial charge in [-0.3, -0.25) is 5.41 Å². The molecule has 0 amide bonds. The van der Waals surface area contributed by atoms with Crippen molar-refractivity contribution >= 4 is 11.4 Å². The van der Waals surface area contributed by atoms with Gasteiger partial charge in [0.25, 0.3) is 0 Å². The van der Waals surface area contributed by atoms with Gasteiger partial charge in [0.15, 0.2) is 0 Å². The van der Waals surface area contributed by atoms with E-state index in [9.17, 15) is 4.39 Å². The van der Waals surface area contributed by atoms with E-state index in [4.69, 9.17) is 11.1 Å². The van der Waals surface area contributed by atoms with Gasteiger partial charge in [-0.05, 0) is 18.2 Å². The Hall–Kier alpha value is -2.16. The van der Waals surface area contributed by atoms with E-state index in [1.54, 1.807) is 36.4 Å². The first-order valence-electron chi connectivity index (χ1n) is 4.88. The molecule has 0 spiro atoms. The van der Waals surface area contributed by atoms with Crippen molar-refractivity contribution in [3.05, 3.63) is 65.5 Å². The van der Waals surface area contributed by atoms with Crippen LogP contribution in [0.1, 0.15) is 11.1 Å². The minimum absolute atomic E-state index is 0.234. The maximum absolute atomic E-state index is 13.0. The Bertz CT molecular complexity index is 535. The summed E-state index contributed by atoms with van der Waals surface area (Å²) < 4.78 is 13.0. The smallest absolute Gasteiger partial charge is 0.123 e. The highest BCUT2D eigenvalue weighted by molar-refractivity contribution is 6.13. The van der Waals surface area contributed by atoms with Crippen LogP contribution in [0.15, 0.2) is 48.5 Å². The van der Waals surface area contributed by atoms with Crippen molar-refractivity contribution in [3.63, 3.8) is 0 Å². The molecule has 0 atom stereocenters. The number of nitrogen functional groups attached to an aromatic ring is 1. The van der Waals surface area contributed by atoms with Crippen molar-refractivity contribution < 1.29 is 4.39 Å². The molecule has 0 aliphatic rings. The van der Waals surface area contributed by atoms with Crippen molar-refractivity contribution in [2.45, 2.75) is 0 Å². The van der Waals surface area contributed by atoms with E-state index in [1.165, 1.54) is 12.1 Å². The average molecular weight is 214 g/mol. The third-order valence-corrected chi connectivity index (χ3v) is 2.34. The van der Waals surface area contributed by atoms with Gasteiger partial charge in [0.05, 0.1) is 5.71 Å². The van der Waals surface area contributed by atoms with Crippen LogP contribution in [-0.2, 0) is 0 Å². The molecule has 3 N–H and O–H groups in total. The van der Waals surface area contributed by atoms with Crippen molar-refractivity contribution in [2.75, 3.05) is 5.73 Å². The second-order valence-electron chi connectivity index (χ2n) is 3.47. The Kier molecular flexibility index (Phi) is 2.68. The Labute approximate surface area is 93.0 Å². The summed E-state index contributed by atoms with van der Waals surface area (Å²) in [6.45, 7) is 0. The minimum atomic E-state index is -0.350. The first-order valence-corrected chi connectivity index (χ1v) is 4.88. The molecule has 0 heterocycles. The molecule has 3 heteroatoms. The zero-order chi connectivity index (χ0) is 11.5. The lowest BCUT2D eigenvalue weighted by molar-refractivity contribution is 0.627. The highest BCUT2D eigenvalue weighted by Gasteiger charge is 2.07. The normalized spacial score (nSPS) is 10.1. The number of nitrogens with one attached hydrogen (secondary N) is 1. The number of benzene rings is 2. The topological polar surface area (TPSA) is 49.9 Å². The number of para-hydroxylation sites is 1. The molecule has 0 bridgehead atoms. The molecular formula is C13H11FN2. The summed E-state index contributed by atoms with van der Waals surface area (Å²) in [4.78, 5) is 0. The van der Waals surface area contributed by atoms with E-state index < -0.39 is 0 Å². The molecule has 16 heavy (non-hydrogen) atoms. The van der Waals surface area contributed by atoms with Crippen molar-refractivity contribution in [1.29, 1.82) is 5.41 Å². The Morgan fingerprint density at radius 3 is 2.50 bits per heavy atom. The quantitative estimate of drug-likeness (QED) is 0.586. The zero-order valence-electron chi connectivity index (χ0n) is 8.57. The molecule has 0 unspecified atom stereocenters. The van der Waals surface area contributed by atoms with Gasteiger partial charge in [0, 0.05) is 16.8 Å². The van der Waals surface area contributed by atoms with Gasteiger partial charge in [-0.2, -0.15) is 0 Å². The molecule has 0 radical (unpaired) electrons. The van der Waals surface area contributed by atoms with Crippen LogP contribution in [0, 0.1) is 11.2 Å². The van der Waals surface area contributed by atoms with Crippen molar-refractivity contribution in [3.8, 4) is 0 Å². The fourth-order valence-electron chi connectivity index (χ4n) is 1.52. The maximum Gasteiger partial charge on any atom is 0.123 e. The summed E-state index contributed by atoms with van der Waals surface area (Å²) in [5, 5.41) is 7.96. The second kappa shape index (κ2) is 4.14. The molecule has 80 valence electrons. The van der Waals surface area contributed by atoms with Gasteiger partial charge in [-0.1, -0.05) is 30.3 Å². The van der Waals surface area contributed by atoms with E-state index in [2.05, 4.69) is 0 Å². The lowest BCUT2D eigenvalue weighted by Gasteiger charge is -2.07. The lowest BCUT2D eigenvalue weighted by atomic mass is 10.0. The summed E-state index contributed by atoms with van der Waals surface area (Å²) in [6.07, 6.45) is 0. The summed E-state index contributed by atoms with van der Waals surface area (Å²) in [7, 11) is 0. The Morgan fingerprint density at radius 1 is 1.06 bits per heavy atom. The largest absolute Gasteiger partial charge is 0.398 e. The van der Waals surface area contributed by atoms with E-state index >= 15 is 0 Å². The highest BCUT2D eigenvalue weighted by atomic mass is 19.1. The molecule has 2 aromatic rings. The Morgan fingerprint density at radius 2 is 1.81 bits per heavy atom. The number of anilines is 1. The van der Waals surface area contributed by atoms with E-state index in [1.807, 2.05) is 0 Å². The van der Waals surface area contributed by atoms with Crippen LogP contribution in [0.25, 0.3) is 0 Å². The van der Waals surface area contributed by atoms with Gasteiger partial charge in [0.1, 0.15) is 5.82 Å². The summed E-state index contributed by atoms with van der Waals surface area (Å²) in [5.41, 5.74) is 7.67. The molecule has 0 saturated heterocycles. The first-order chi connectivity index (χ1) is 7.68. The molecule has 0 aliphatic carbocycles. The second-order valence-corrected chi connectivity index (χ2v) is 3.47. The monoisotopic (exact) mass is 214 g/mol. The SMILES string of the molecule is N=C(c1cccc(F)c1)c1ccccc1N. The summed E-state index contributed by atoms with van der Waals surface area (Å²) in [6, 6.07) is 13.0. The zero-order valence-corrected chi connectivity index (χ0v) is 8.57. The van der Waals surface area contributed by atoms with E-state index in [0.29, 0.717) is 16.8 Å². The molecule has 2 rings (SSSR count). The predicted octanol–water partition coefficient (Wildman–Crippen LogP) is 2.82. The van der Waals surface area contributed by atoms with Crippen LogP contribution in [0.2, 0.25) is 0 Å². The van der Waals surface area contributed by atoms with Crippen LogP contribution in [0.5, 0.6) is 0 Å². The number of nitrogens with two attached hydrogens (primary N) is 1. The van der Waals surface area contributed by atoms with Crippen LogP contribution in [-0.4, -0.2) is 5.71 Å². The molecular weight excluding hydrogens is 203 g/mol. The highest BCUT2D eigenvalue weighted by Crippen LogP contribution is 2.16. The fraction of sp³-hybridized carbons (Fsp3) is 0. The molecule has 0 saturated carbocycles. The summed E-state index contributed by atoms with van der Waals surface area (Å²) in [5.74, 6) is -0.350. The van der Waals surface area contributed by atoms with Crippen LogP contribution >= 0.6 is 0 Å². The number of hydrogen-bond acceptors (Lipinski definition) is 2. The minimum Gasteiger partial charge on any atom is -0.398 e. The molecule has 0 aliphatic heterocycles. The summed E-state index contributed by atoms with van der Waals surface area (Å²) >= 11 is 0. The number of halogens is 1. The molecule has 2 nitrogen and oxygen atoms in total. The maximum atomic E-state index is 13.0. The van der Waals surface area contributed by atoms with Crippen LogP contribution < -0.4 is 5.73 Å².